The fourth-order valence-corrected chi connectivity index (χ4v) is 2.92. The van der Waals surface area contributed by atoms with Crippen LogP contribution < -0.4 is 10.1 Å². The summed E-state index contributed by atoms with van der Waals surface area (Å²) in [4.78, 5) is 9.37. The number of hydrogen-bond acceptors (Lipinski definition) is 5. The molecule has 18 heavy (non-hydrogen) atoms. The van der Waals surface area contributed by atoms with Crippen LogP contribution in [0, 0.1) is 0 Å². The molecule has 0 aliphatic carbocycles. The van der Waals surface area contributed by atoms with Gasteiger partial charge in [-0.2, -0.15) is 0 Å². The van der Waals surface area contributed by atoms with Crippen LogP contribution in [-0.2, 0) is 0 Å². The Morgan fingerprint density at radius 2 is 2.33 bits per heavy atom. The van der Waals surface area contributed by atoms with Crippen molar-refractivity contribution in [2.24, 2.45) is 0 Å². The Hall–Kier alpha value is -1.17. The van der Waals surface area contributed by atoms with E-state index < -0.39 is 0 Å². The van der Waals surface area contributed by atoms with Crippen molar-refractivity contribution in [3.63, 3.8) is 0 Å². The van der Waals surface area contributed by atoms with Gasteiger partial charge in [0.2, 0.25) is 5.88 Å². The zero-order valence-electron chi connectivity index (χ0n) is 10.2. The number of ether oxygens (including phenoxy) is 1. The van der Waals surface area contributed by atoms with E-state index in [9.17, 15) is 0 Å². The van der Waals surface area contributed by atoms with E-state index >= 15 is 0 Å². The summed E-state index contributed by atoms with van der Waals surface area (Å²) in [6, 6.07) is 3.69. The molecule has 0 saturated heterocycles. The minimum atomic E-state index is -0.0283. The molecule has 0 radical (unpaired) electrons. The second-order valence-corrected chi connectivity index (χ2v) is 4.96. The molecule has 1 atom stereocenters. The van der Waals surface area contributed by atoms with Crippen molar-refractivity contribution in [1.29, 1.82) is 0 Å². The normalized spacial score (nSPS) is 12.4. The number of methoxy groups -OCH3 is 1. The van der Waals surface area contributed by atoms with Crippen molar-refractivity contribution in [2.45, 2.75) is 13.0 Å². The molecule has 0 aliphatic rings. The Morgan fingerprint density at radius 1 is 1.50 bits per heavy atom. The lowest BCUT2D eigenvalue weighted by molar-refractivity contribution is 0.395. The molecular formula is C12H14ClN3OS. The van der Waals surface area contributed by atoms with E-state index in [-0.39, 0.29) is 6.04 Å². The quantitative estimate of drug-likeness (QED) is 0.916. The fourth-order valence-electron chi connectivity index (χ4n) is 1.67. The van der Waals surface area contributed by atoms with Gasteiger partial charge >= 0.3 is 0 Å². The van der Waals surface area contributed by atoms with Crippen LogP contribution >= 0.6 is 22.9 Å². The van der Waals surface area contributed by atoms with E-state index in [2.05, 4.69) is 15.3 Å². The predicted molar refractivity (Wildman–Crippen MR) is 73.4 cm³/mol. The lowest BCUT2D eigenvalue weighted by Crippen LogP contribution is -2.22. The van der Waals surface area contributed by atoms with Gasteiger partial charge in [-0.05, 0) is 18.0 Å². The standard InChI is InChI=1S/C12H14ClN3OS/c1-3-14-11(12-8(13)4-5-18-12)9-6-10(17-2)16-7-15-9/h4-7,11,14H,3H2,1-2H3. The Kier molecular flexibility index (Phi) is 4.52. The van der Waals surface area contributed by atoms with E-state index in [0.29, 0.717) is 5.88 Å². The van der Waals surface area contributed by atoms with Crippen molar-refractivity contribution in [1.82, 2.24) is 15.3 Å². The summed E-state index contributed by atoms with van der Waals surface area (Å²) >= 11 is 7.80. The Morgan fingerprint density at radius 3 is 2.94 bits per heavy atom. The summed E-state index contributed by atoms with van der Waals surface area (Å²) < 4.78 is 5.12. The van der Waals surface area contributed by atoms with Crippen molar-refractivity contribution in [3.8, 4) is 5.88 Å². The van der Waals surface area contributed by atoms with Crippen LogP contribution in [0.2, 0.25) is 5.02 Å². The zero-order chi connectivity index (χ0) is 13.0. The summed E-state index contributed by atoms with van der Waals surface area (Å²) in [5, 5.41) is 6.10. The lowest BCUT2D eigenvalue weighted by Gasteiger charge is -2.16. The maximum absolute atomic E-state index is 6.19. The first kappa shape index (κ1) is 13.3. The molecule has 2 rings (SSSR count). The summed E-state index contributed by atoms with van der Waals surface area (Å²) in [6.45, 7) is 2.87. The van der Waals surface area contributed by atoms with Gasteiger partial charge in [-0.3, -0.25) is 0 Å². The van der Waals surface area contributed by atoms with E-state index in [1.54, 1.807) is 18.4 Å². The number of nitrogens with one attached hydrogen (secondary N) is 1. The molecule has 1 unspecified atom stereocenters. The Bertz CT molecular complexity index is 518. The average molecular weight is 284 g/mol. The van der Waals surface area contributed by atoms with E-state index in [0.717, 1.165) is 22.1 Å². The molecular weight excluding hydrogens is 270 g/mol. The van der Waals surface area contributed by atoms with E-state index in [1.165, 1.54) is 6.33 Å². The van der Waals surface area contributed by atoms with Gasteiger partial charge in [-0.25, -0.2) is 9.97 Å². The SMILES string of the molecule is CCNC(c1cc(OC)ncn1)c1sccc1Cl. The molecule has 2 aromatic rings. The van der Waals surface area contributed by atoms with Gasteiger partial charge in [0, 0.05) is 10.9 Å². The number of rotatable bonds is 5. The number of halogens is 1. The highest BCUT2D eigenvalue weighted by Gasteiger charge is 2.19. The van der Waals surface area contributed by atoms with E-state index in [1.807, 2.05) is 24.4 Å². The molecule has 1 N–H and O–H groups in total. The highest BCUT2D eigenvalue weighted by atomic mass is 35.5. The van der Waals surface area contributed by atoms with Crippen LogP contribution in [-0.4, -0.2) is 23.6 Å². The molecule has 96 valence electrons. The topological polar surface area (TPSA) is 47.0 Å². The maximum Gasteiger partial charge on any atom is 0.216 e. The number of nitrogens with zero attached hydrogens (tertiary/aromatic N) is 2. The van der Waals surface area contributed by atoms with Crippen molar-refractivity contribution in [2.75, 3.05) is 13.7 Å². The molecule has 0 aliphatic heterocycles. The van der Waals surface area contributed by atoms with E-state index in [4.69, 9.17) is 16.3 Å². The molecule has 2 aromatic heterocycles. The summed E-state index contributed by atoms with van der Waals surface area (Å²) in [5.41, 5.74) is 0.855. The highest BCUT2D eigenvalue weighted by molar-refractivity contribution is 7.10. The van der Waals surface area contributed by atoms with Crippen LogP contribution in [0.15, 0.2) is 23.8 Å². The van der Waals surface area contributed by atoms with Crippen LogP contribution in [0.5, 0.6) is 5.88 Å². The second-order valence-electron chi connectivity index (χ2n) is 3.61. The summed E-state index contributed by atoms with van der Waals surface area (Å²) in [7, 11) is 1.59. The summed E-state index contributed by atoms with van der Waals surface area (Å²) in [6.07, 6.45) is 1.50. The minimum absolute atomic E-state index is 0.0283. The van der Waals surface area contributed by atoms with Crippen molar-refractivity contribution < 1.29 is 4.74 Å². The van der Waals surface area contributed by atoms with Gasteiger partial charge in [0.05, 0.1) is 23.9 Å². The number of aromatic nitrogens is 2. The highest BCUT2D eigenvalue weighted by Crippen LogP contribution is 2.32. The largest absolute Gasteiger partial charge is 0.481 e. The van der Waals surface area contributed by atoms with Gasteiger partial charge in [0.25, 0.3) is 0 Å². The number of hydrogen-bond donors (Lipinski definition) is 1. The second kappa shape index (κ2) is 6.13. The third-order valence-corrected chi connectivity index (χ3v) is 3.91. The predicted octanol–water partition coefficient (Wildman–Crippen LogP) is 2.90. The van der Waals surface area contributed by atoms with Crippen LogP contribution in [0.1, 0.15) is 23.5 Å². The van der Waals surface area contributed by atoms with Crippen LogP contribution in [0.3, 0.4) is 0 Å². The third kappa shape index (κ3) is 2.80. The third-order valence-electron chi connectivity index (χ3n) is 2.48. The summed E-state index contributed by atoms with van der Waals surface area (Å²) in [5.74, 6) is 0.551. The van der Waals surface area contributed by atoms with Gasteiger partial charge in [0.15, 0.2) is 0 Å². The van der Waals surface area contributed by atoms with Gasteiger partial charge in [0.1, 0.15) is 6.33 Å². The van der Waals surface area contributed by atoms with Gasteiger partial charge < -0.3 is 10.1 Å². The lowest BCUT2D eigenvalue weighted by atomic mass is 10.1. The zero-order valence-corrected chi connectivity index (χ0v) is 11.8. The number of thiophene rings is 1. The molecule has 0 spiro atoms. The molecule has 0 amide bonds. The molecule has 0 fully saturated rings. The van der Waals surface area contributed by atoms with Gasteiger partial charge in [-0.1, -0.05) is 18.5 Å². The first-order chi connectivity index (χ1) is 8.76. The first-order valence-electron chi connectivity index (χ1n) is 5.58. The van der Waals surface area contributed by atoms with Crippen LogP contribution in [0.25, 0.3) is 0 Å². The molecule has 2 heterocycles. The smallest absolute Gasteiger partial charge is 0.216 e. The Labute approximate surface area is 115 Å². The average Bonchev–Trinajstić information content (AvgIpc) is 2.82. The minimum Gasteiger partial charge on any atom is -0.481 e. The molecule has 0 bridgehead atoms. The van der Waals surface area contributed by atoms with Crippen LogP contribution in [0.4, 0.5) is 0 Å². The molecule has 0 saturated carbocycles. The monoisotopic (exact) mass is 283 g/mol. The molecule has 0 aromatic carbocycles. The van der Waals surface area contributed by atoms with Crippen molar-refractivity contribution in [3.05, 3.63) is 39.4 Å². The first-order valence-corrected chi connectivity index (χ1v) is 6.84. The maximum atomic E-state index is 6.19. The van der Waals surface area contributed by atoms with Crippen molar-refractivity contribution >= 4 is 22.9 Å². The molecule has 6 heteroatoms. The molecule has 4 nitrogen and oxygen atoms in total. The fraction of sp³-hybridized carbons (Fsp3) is 0.333. The Balaban J connectivity index is 2.38. The van der Waals surface area contributed by atoms with Gasteiger partial charge in [-0.15, -0.1) is 11.3 Å².